The number of hydrogen-bond acceptors (Lipinski definition) is 1. The van der Waals surface area contributed by atoms with E-state index in [0.29, 0.717) is 0 Å². The minimum absolute atomic E-state index is 0.0276. The molecule has 1 amide bonds. The van der Waals surface area contributed by atoms with E-state index in [1.807, 2.05) is 13.0 Å². The fourth-order valence-corrected chi connectivity index (χ4v) is 1.37. The number of rotatable bonds is 5. The van der Waals surface area contributed by atoms with E-state index >= 15 is 0 Å². The Hall–Kier alpha value is -1.25. The van der Waals surface area contributed by atoms with E-state index in [4.69, 9.17) is 0 Å². The molecule has 0 aromatic carbocycles. The maximum atomic E-state index is 11.6. The Morgan fingerprint density at radius 2 is 2.29 bits per heavy atom. The number of H-pyrrole nitrogens is 1. The van der Waals surface area contributed by atoms with Crippen molar-refractivity contribution in [2.24, 2.45) is 0 Å². The van der Waals surface area contributed by atoms with Gasteiger partial charge in [-0.25, -0.2) is 0 Å². The lowest BCUT2D eigenvalue weighted by molar-refractivity contribution is 0.0952. The zero-order valence-corrected chi connectivity index (χ0v) is 8.89. The van der Waals surface area contributed by atoms with Crippen molar-refractivity contribution >= 4 is 5.91 Å². The Balaban J connectivity index is 2.32. The van der Waals surface area contributed by atoms with Gasteiger partial charge in [-0.05, 0) is 19.4 Å². The van der Waals surface area contributed by atoms with Crippen LogP contribution in [0.2, 0.25) is 0 Å². The molecular formula is C11H18N2O. The van der Waals surface area contributed by atoms with Crippen LogP contribution >= 0.6 is 0 Å². The first-order valence-electron chi connectivity index (χ1n) is 5.18. The second kappa shape index (κ2) is 5.47. The SMILES string of the molecule is CCCCCNC(=O)c1cc[nH]c1C. The van der Waals surface area contributed by atoms with Crippen LogP contribution in [0.25, 0.3) is 0 Å². The number of aromatic nitrogens is 1. The second-order valence-corrected chi connectivity index (χ2v) is 3.48. The second-order valence-electron chi connectivity index (χ2n) is 3.48. The summed E-state index contributed by atoms with van der Waals surface area (Å²) in [5, 5.41) is 2.90. The van der Waals surface area contributed by atoms with E-state index in [-0.39, 0.29) is 5.91 Å². The average molecular weight is 194 g/mol. The fourth-order valence-electron chi connectivity index (χ4n) is 1.37. The van der Waals surface area contributed by atoms with Crippen molar-refractivity contribution in [2.75, 3.05) is 6.54 Å². The first-order chi connectivity index (χ1) is 6.75. The van der Waals surface area contributed by atoms with Crippen molar-refractivity contribution in [3.8, 4) is 0 Å². The number of amides is 1. The van der Waals surface area contributed by atoms with Crippen LogP contribution in [-0.2, 0) is 0 Å². The van der Waals surface area contributed by atoms with Gasteiger partial charge in [-0.2, -0.15) is 0 Å². The summed E-state index contributed by atoms with van der Waals surface area (Å²) in [5.41, 5.74) is 1.68. The molecule has 0 radical (unpaired) electrons. The summed E-state index contributed by atoms with van der Waals surface area (Å²) in [6.45, 7) is 4.83. The van der Waals surface area contributed by atoms with E-state index in [1.54, 1.807) is 6.20 Å². The van der Waals surface area contributed by atoms with Gasteiger partial charge in [0.1, 0.15) is 0 Å². The van der Waals surface area contributed by atoms with Gasteiger partial charge in [0, 0.05) is 18.4 Å². The molecule has 0 saturated heterocycles. The quantitative estimate of drug-likeness (QED) is 0.694. The van der Waals surface area contributed by atoms with Gasteiger partial charge in [0.2, 0.25) is 0 Å². The monoisotopic (exact) mass is 194 g/mol. The van der Waals surface area contributed by atoms with Gasteiger partial charge in [-0.15, -0.1) is 0 Å². The smallest absolute Gasteiger partial charge is 0.253 e. The molecule has 1 rings (SSSR count). The van der Waals surface area contributed by atoms with E-state index in [1.165, 1.54) is 12.8 Å². The third-order valence-corrected chi connectivity index (χ3v) is 2.26. The molecular weight excluding hydrogens is 176 g/mol. The number of nitrogens with one attached hydrogen (secondary N) is 2. The predicted octanol–water partition coefficient (Wildman–Crippen LogP) is 2.24. The molecule has 0 fully saturated rings. The highest BCUT2D eigenvalue weighted by Crippen LogP contribution is 2.04. The van der Waals surface area contributed by atoms with Crippen LogP contribution in [0.5, 0.6) is 0 Å². The summed E-state index contributed by atoms with van der Waals surface area (Å²) in [6.07, 6.45) is 5.20. The van der Waals surface area contributed by atoms with Crippen LogP contribution in [0.15, 0.2) is 12.3 Å². The molecule has 14 heavy (non-hydrogen) atoms. The van der Waals surface area contributed by atoms with E-state index in [9.17, 15) is 4.79 Å². The van der Waals surface area contributed by atoms with Gasteiger partial charge in [0.15, 0.2) is 0 Å². The molecule has 0 saturated carbocycles. The molecule has 0 aliphatic rings. The highest BCUT2D eigenvalue weighted by molar-refractivity contribution is 5.95. The number of aryl methyl sites for hydroxylation is 1. The summed E-state index contributed by atoms with van der Waals surface area (Å²) in [6, 6.07) is 1.81. The molecule has 0 bridgehead atoms. The predicted molar refractivity (Wildman–Crippen MR) is 57.4 cm³/mol. The average Bonchev–Trinajstić information content (AvgIpc) is 2.59. The van der Waals surface area contributed by atoms with Gasteiger partial charge in [-0.1, -0.05) is 19.8 Å². The summed E-state index contributed by atoms with van der Waals surface area (Å²) in [4.78, 5) is 14.5. The van der Waals surface area contributed by atoms with Crippen LogP contribution < -0.4 is 5.32 Å². The van der Waals surface area contributed by atoms with Crippen LogP contribution in [0.4, 0.5) is 0 Å². The lowest BCUT2D eigenvalue weighted by atomic mass is 10.2. The van der Waals surface area contributed by atoms with E-state index in [0.717, 1.165) is 24.2 Å². The molecule has 1 heterocycles. The third-order valence-electron chi connectivity index (χ3n) is 2.26. The molecule has 1 aromatic heterocycles. The number of aromatic amines is 1. The van der Waals surface area contributed by atoms with Crippen molar-refractivity contribution < 1.29 is 4.79 Å². The summed E-state index contributed by atoms with van der Waals surface area (Å²) in [5.74, 6) is 0.0276. The minimum Gasteiger partial charge on any atom is -0.365 e. The number of carbonyl (C=O) groups excluding carboxylic acids is 1. The number of carbonyl (C=O) groups is 1. The Morgan fingerprint density at radius 1 is 1.50 bits per heavy atom. The van der Waals surface area contributed by atoms with Crippen molar-refractivity contribution in [3.05, 3.63) is 23.5 Å². The van der Waals surface area contributed by atoms with Gasteiger partial charge >= 0.3 is 0 Å². The van der Waals surface area contributed by atoms with Gasteiger partial charge < -0.3 is 10.3 Å². The number of unbranched alkanes of at least 4 members (excludes halogenated alkanes) is 2. The Kier molecular flexibility index (Phi) is 4.23. The molecule has 3 heteroatoms. The van der Waals surface area contributed by atoms with Crippen LogP contribution in [-0.4, -0.2) is 17.4 Å². The van der Waals surface area contributed by atoms with Crippen molar-refractivity contribution in [3.63, 3.8) is 0 Å². The topological polar surface area (TPSA) is 44.9 Å². The molecule has 78 valence electrons. The van der Waals surface area contributed by atoms with Crippen molar-refractivity contribution in [1.29, 1.82) is 0 Å². The molecule has 1 aromatic rings. The highest BCUT2D eigenvalue weighted by Gasteiger charge is 2.07. The number of hydrogen-bond donors (Lipinski definition) is 2. The normalized spacial score (nSPS) is 10.1. The molecule has 0 atom stereocenters. The maximum absolute atomic E-state index is 11.6. The molecule has 3 nitrogen and oxygen atoms in total. The molecule has 0 spiro atoms. The highest BCUT2D eigenvalue weighted by atomic mass is 16.1. The van der Waals surface area contributed by atoms with Crippen LogP contribution in [0.1, 0.15) is 42.2 Å². The lowest BCUT2D eigenvalue weighted by Gasteiger charge is -2.03. The molecule has 0 unspecified atom stereocenters. The van der Waals surface area contributed by atoms with Crippen molar-refractivity contribution in [2.45, 2.75) is 33.1 Å². The fraction of sp³-hybridized carbons (Fsp3) is 0.545. The van der Waals surface area contributed by atoms with Crippen molar-refractivity contribution in [1.82, 2.24) is 10.3 Å². The molecule has 0 aliphatic carbocycles. The molecule has 0 aliphatic heterocycles. The standard InChI is InChI=1S/C11H18N2O/c1-3-4-5-7-13-11(14)10-6-8-12-9(10)2/h6,8,12H,3-5,7H2,1-2H3,(H,13,14). The first kappa shape index (κ1) is 10.8. The minimum atomic E-state index is 0.0276. The zero-order chi connectivity index (χ0) is 10.4. The Labute approximate surface area is 84.9 Å². The van der Waals surface area contributed by atoms with Gasteiger partial charge in [-0.3, -0.25) is 4.79 Å². The van der Waals surface area contributed by atoms with E-state index < -0.39 is 0 Å². The first-order valence-corrected chi connectivity index (χ1v) is 5.18. The van der Waals surface area contributed by atoms with Crippen LogP contribution in [0.3, 0.4) is 0 Å². The van der Waals surface area contributed by atoms with Gasteiger partial charge in [0.05, 0.1) is 5.56 Å². The van der Waals surface area contributed by atoms with Gasteiger partial charge in [0.25, 0.3) is 5.91 Å². The Bertz CT molecular complexity index is 291. The Morgan fingerprint density at radius 3 is 2.86 bits per heavy atom. The van der Waals surface area contributed by atoms with Crippen LogP contribution in [0, 0.1) is 6.92 Å². The summed E-state index contributed by atoms with van der Waals surface area (Å²) >= 11 is 0. The lowest BCUT2D eigenvalue weighted by Crippen LogP contribution is -2.24. The largest absolute Gasteiger partial charge is 0.365 e. The summed E-state index contributed by atoms with van der Waals surface area (Å²) < 4.78 is 0. The summed E-state index contributed by atoms with van der Waals surface area (Å²) in [7, 11) is 0. The maximum Gasteiger partial charge on any atom is 0.253 e. The zero-order valence-electron chi connectivity index (χ0n) is 8.89. The third kappa shape index (κ3) is 2.91. The molecule has 2 N–H and O–H groups in total. The van der Waals surface area contributed by atoms with E-state index in [2.05, 4.69) is 17.2 Å².